The molecule has 284 valence electrons. The monoisotopic (exact) mass is 787 g/mol. The Kier molecular flexibility index (Phi) is 9.83. The summed E-state index contributed by atoms with van der Waals surface area (Å²) in [5.74, 6) is 1.87. The highest BCUT2D eigenvalue weighted by Crippen LogP contribution is 2.43. The molecule has 9 aromatic carbocycles. The van der Waals surface area contributed by atoms with Gasteiger partial charge in [0.05, 0.1) is 0 Å². The lowest BCUT2D eigenvalue weighted by molar-refractivity contribution is 0.592. The Morgan fingerprint density at radius 1 is 0.250 bits per heavy atom. The summed E-state index contributed by atoms with van der Waals surface area (Å²) in [4.78, 5) is 14.9. The summed E-state index contributed by atoms with van der Waals surface area (Å²) in [6.07, 6.45) is 0. The van der Waals surface area contributed by atoms with Crippen molar-refractivity contribution in [1.82, 2.24) is 15.0 Å². The van der Waals surface area contributed by atoms with Crippen LogP contribution >= 0.6 is 7.14 Å². The molecule has 0 aliphatic carbocycles. The van der Waals surface area contributed by atoms with Gasteiger partial charge in [0.25, 0.3) is 0 Å². The number of benzene rings is 9. The molecule has 10 aromatic rings. The fourth-order valence-electron chi connectivity index (χ4n) is 7.98. The van der Waals surface area contributed by atoms with Crippen molar-refractivity contribution < 1.29 is 4.57 Å². The number of rotatable bonds is 9. The van der Waals surface area contributed by atoms with Gasteiger partial charge in [-0.3, -0.25) is 0 Å². The predicted octanol–water partition coefficient (Wildman–Crippen LogP) is 12.7. The minimum absolute atomic E-state index is 0.616. The van der Waals surface area contributed by atoms with Gasteiger partial charge in [-0.2, -0.15) is 0 Å². The van der Waals surface area contributed by atoms with Gasteiger partial charge in [0.15, 0.2) is 24.6 Å². The molecule has 0 aliphatic rings. The van der Waals surface area contributed by atoms with Crippen LogP contribution in [0, 0.1) is 0 Å². The summed E-state index contributed by atoms with van der Waals surface area (Å²) in [6, 6.07) is 78.2. The van der Waals surface area contributed by atoms with Crippen LogP contribution in [0.5, 0.6) is 0 Å². The van der Waals surface area contributed by atoms with Gasteiger partial charge >= 0.3 is 0 Å². The van der Waals surface area contributed by atoms with Gasteiger partial charge < -0.3 is 4.57 Å². The van der Waals surface area contributed by atoms with E-state index in [-0.39, 0.29) is 0 Å². The second-order valence-corrected chi connectivity index (χ2v) is 17.5. The first-order chi connectivity index (χ1) is 29.6. The van der Waals surface area contributed by atoms with Crippen LogP contribution in [0.2, 0.25) is 0 Å². The molecule has 4 nitrogen and oxygen atoms in total. The van der Waals surface area contributed by atoms with E-state index in [0.717, 1.165) is 76.8 Å². The molecule has 1 aromatic heterocycles. The second kappa shape index (κ2) is 16.0. The van der Waals surface area contributed by atoms with E-state index in [1.54, 1.807) is 0 Å². The zero-order valence-corrected chi connectivity index (χ0v) is 33.5. The van der Waals surface area contributed by atoms with Crippen molar-refractivity contribution in [2.45, 2.75) is 0 Å². The third-order valence-corrected chi connectivity index (χ3v) is 14.2. The Labute approximate surface area is 350 Å². The molecule has 0 spiro atoms. The molecule has 0 amide bonds. The third-order valence-electron chi connectivity index (χ3n) is 11.1. The van der Waals surface area contributed by atoms with E-state index in [9.17, 15) is 0 Å². The molecule has 0 saturated carbocycles. The van der Waals surface area contributed by atoms with Gasteiger partial charge in [0.1, 0.15) is 0 Å². The smallest absolute Gasteiger partial charge is 0.171 e. The van der Waals surface area contributed by atoms with Gasteiger partial charge in [-0.05, 0) is 44.2 Å². The van der Waals surface area contributed by atoms with E-state index in [1.165, 1.54) is 0 Å². The molecule has 0 radical (unpaired) electrons. The highest BCUT2D eigenvalue weighted by Gasteiger charge is 2.29. The Morgan fingerprint density at radius 3 is 0.983 bits per heavy atom. The minimum atomic E-state index is -3.07. The molecule has 0 unspecified atom stereocenters. The molecule has 1 heterocycles. The van der Waals surface area contributed by atoms with E-state index in [1.807, 2.05) is 109 Å². The molecule has 10 rings (SSSR count). The van der Waals surface area contributed by atoms with Crippen molar-refractivity contribution >= 4 is 33.8 Å². The van der Waals surface area contributed by atoms with Gasteiger partial charge in [-0.1, -0.05) is 231 Å². The van der Waals surface area contributed by atoms with E-state index in [0.29, 0.717) is 17.5 Å². The SMILES string of the molecule is O=P(c1ccccc1)(c1ccccc1)c1ccc(-c2cccc3c(-c4ccc(-c5nc(-c6ccccc6)nc(-c6ccc(-c7ccccc7)cc6)n5)cc4)cccc23)cc1. The molecule has 0 bridgehead atoms. The molecule has 0 N–H and O–H groups in total. The largest absolute Gasteiger partial charge is 0.309 e. The van der Waals surface area contributed by atoms with Crippen LogP contribution in [0.25, 0.3) is 78.3 Å². The van der Waals surface area contributed by atoms with Crippen LogP contribution in [0.15, 0.2) is 231 Å². The van der Waals surface area contributed by atoms with E-state index >= 15 is 4.57 Å². The van der Waals surface area contributed by atoms with Crippen LogP contribution in [-0.4, -0.2) is 15.0 Å². The Morgan fingerprint density at radius 2 is 0.550 bits per heavy atom. The standard InChI is InChI=1S/C55H38N3OP/c59-60(46-19-9-3-10-20-46,47-21-11-4-12-22-47)48-37-35-42(36-38-48)50-24-14-25-51-49(23-13-26-52(50)51)41-29-33-45(34-30-41)55-57-53(43-17-7-2-8-18-43)56-54(58-55)44-31-27-40(28-32-44)39-15-5-1-6-16-39/h1-38H. The fourth-order valence-corrected chi connectivity index (χ4v) is 10.6. The Balaban J connectivity index is 0.985. The summed E-state index contributed by atoms with van der Waals surface area (Å²) < 4.78 is 15.0. The first-order valence-electron chi connectivity index (χ1n) is 20.0. The number of hydrogen-bond donors (Lipinski definition) is 0. The average Bonchev–Trinajstić information content (AvgIpc) is 3.34. The quantitative estimate of drug-likeness (QED) is 0.137. The van der Waals surface area contributed by atoms with Crippen molar-refractivity contribution in [3.63, 3.8) is 0 Å². The van der Waals surface area contributed by atoms with Crippen LogP contribution in [0.1, 0.15) is 0 Å². The van der Waals surface area contributed by atoms with Crippen LogP contribution < -0.4 is 15.9 Å². The third kappa shape index (κ3) is 7.04. The molecule has 0 fully saturated rings. The number of hydrogen-bond acceptors (Lipinski definition) is 4. The van der Waals surface area contributed by atoms with Gasteiger partial charge in [-0.25, -0.2) is 15.0 Å². The van der Waals surface area contributed by atoms with Gasteiger partial charge in [0.2, 0.25) is 0 Å². The average molecular weight is 788 g/mol. The molecule has 5 heteroatoms. The molecular formula is C55H38N3OP. The molecule has 60 heavy (non-hydrogen) atoms. The maximum absolute atomic E-state index is 15.0. The summed E-state index contributed by atoms with van der Waals surface area (Å²) in [5.41, 5.74) is 9.49. The number of fused-ring (bicyclic) bond motifs is 1. The summed E-state index contributed by atoms with van der Waals surface area (Å²) in [7, 11) is -3.07. The van der Waals surface area contributed by atoms with E-state index in [4.69, 9.17) is 15.0 Å². The van der Waals surface area contributed by atoms with E-state index < -0.39 is 7.14 Å². The van der Waals surface area contributed by atoms with Crippen molar-refractivity contribution in [3.05, 3.63) is 231 Å². The number of nitrogens with zero attached hydrogens (tertiary/aromatic N) is 3. The van der Waals surface area contributed by atoms with Gasteiger partial charge in [0, 0.05) is 32.6 Å². The summed E-state index contributed by atoms with van der Waals surface area (Å²) in [6.45, 7) is 0. The highest BCUT2D eigenvalue weighted by molar-refractivity contribution is 7.85. The molecule has 0 aliphatic heterocycles. The second-order valence-electron chi connectivity index (χ2n) is 14.7. The normalized spacial score (nSPS) is 11.4. The lowest BCUT2D eigenvalue weighted by Crippen LogP contribution is -2.24. The lowest BCUT2D eigenvalue weighted by atomic mass is 9.92. The van der Waals surface area contributed by atoms with Crippen LogP contribution in [0.4, 0.5) is 0 Å². The summed E-state index contributed by atoms with van der Waals surface area (Å²) in [5, 5.41) is 4.76. The van der Waals surface area contributed by atoms with Crippen molar-refractivity contribution in [3.8, 4) is 67.5 Å². The minimum Gasteiger partial charge on any atom is -0.309 e. The zero-order chi connectivity index (χ0) is 40.3. The van der Waals surface area contributed by atoms with Crippen molar-refractivity contribution in [1.29, 1.82) is 0 Å². The van der Waals surface area contributed by atoms with Crippen LogP contribution in [0.3, 0.4) is 0 Å². The highest BCUT2D eigenvalue weighted by atomic mass is 31.2. The maximum atomic E-state index is 15.0. The molecule has 0 atom stereocenters. The predicted molar refractivity (Wildman–Crippen MR) is 249 cm³/mol. The first kappa shape index (κ1) is 36.8. The Bertz CT molecular complexity index is 3080. The maximum Gasteiger partial charge on any atom is 0.171 e. The number of aromatic nitrogens is 3. The zero-order valence-electron chi connectivity index (χ0n) is 32.6. The molecule has 0 saturated heterocycles. The van der Waals surface area contributed by atoms with Crippen molar-refractivity contribution in [2.24, 2.45) is 0 Å². The lowest BCUT2D eigenvalue weighted by Gasteiger charge is -2.20. The van der Waals surface area contributed by atoms with Crippen molar-refractivity contribution in [2.75, 3.05) is 0 Å². The first-order valence-corrected chi connectivity index (χ1v) is 21.7. The van der Waals surface area contributed by atoms with Gasteiger partial charge in [-0.15, -0.1) is 0 Å². The van der Waals surface area contributed by atoms with Crippen LogP contribution in [-0.2, 0) is 4.57 Å². The topological polar surface area (TPSA) is 55.7 Å². The fraction of sp³-hybridized carbons (Fsp3) is 0. The molecular weight excluding hydrogens is 750 g/mol. The summed E-state index contributed by atoms with van der Waals surface area (Å²) >= 11 is 0. The van der Waals surface area contributed by atoms with E-state index in [2.05, 4.69) is 121 Å². The Hall–Kier alpha value is -7.52.